The Morgan fingerprint density at radius 2 is 1.63 bits per heavy atom. The molecule has 0 radical (unpaired) electrons. The molecule has 380 valence electrons. The van der Waals surface area contributed by atoms with Crippen LogP contribution in [0.25, 0.3) is 38.1 Å². The number of aromatic nitrogens is 8. The van der Waals surface area contributed by atoms with Gasteiger partial charge in [-0.25, -0.2) is 4.79 Å². The van der Waals surface area contributed by atoms with Gasteiger partial charge in [0.2, 0.25) is 11.8 Å². The summed E-state index contributed by atoms with van der Waals surface area (Å²) in [6.45, 7) is 20.8. The highest BCUT2D eigenvalue weighted by Crippen LogP contribution is 2.41. The van der Waals surface area contributed by atoms with Gasteiger partial charge in [0.1, 0.15) is 34.9 Å². The van der Waals surface area contributed by atoms with Crippen molar-refractivity contribution in [1.29, 1.82) is 0 Å². The minimum atomic E-state index is -0.594. The smallest absolute Gasteiger partial charge is 0.330 e. The lowest BCUT2D eigenvalue weighted by Crippen LogP contribution is -2.41. The molecule has 7 heterocycles. The highest BCUT2D eigenvalue weighted by molar-refractivity contribution is 7.15. The highest BCUT2D eigenvalue weighted by atomic mass is 35.5. The number of fused-ring (bicyclic) bond motifs is 6. The van der Waals surface area contributed by atoms with Crippen LogP contribution in [-0.4, -0.2) is 90.0 Å². The Bertz CT molecular complexity index is 3480. The third kappa shape index (κ3) is 10.1. The number of carbonyl (C=O) groups excluding carboxylic acids is 2. The number of rotatable bonds is 17. The van der Waals surface area contributed by atoms with Crippen molar-refractivity contribution in [3.63, 3.8) is 0 Å². The SMILES string of the molecule is COc1cc2c(cc1-c1c(C)noc1C)ncc1c2n([C@H](C)c2ccccn2)c(=O)n1CC(=O)NCC(C)(C)COCC(C)(C)CNC(=O)C[C@@H]1N=C(c2ccc(Cl)cc2)c2c(sc(C)c2C)-n2c(C)nnc21. The van der Waals surface area contributed by atoms with Gasteiger partial charge < -0.3 is 24.6 Å². The predicted octanol–water partition coefficient (Wildman–Crippen LogP) is 9.14. The number of halogens is 1. The van der Waals surface area contributed by atoms with Gasteiger partial charge in [0, 0.05) is 62.1 Å². The molecule has 6 aromatic heterocycles. The highest BCUT2D eigenvalue weighted by Gasteiger charge is 2.34. The lowest BCUT2D eigenvalue weighted by Gasteiger charge is -2.29. The molecule has 2 aromatic carbocycles. The number of aliphatic imine (C=N–C) groups is 1. The van der Waals surface area contributed by atoms with E-state index in [9.17, 15) is 14.4 Å². The first-order chi connectivity index (χ1) is 34.8. The Hall–Kier alpha value is -7.02. The molecule has 17 nitrogen and oxygen atoms in total. The zero-order chi connectivity index (χ0) is 52.1. The normalized spacial score (nSPS) is 14.2. The van der Waals surface area contributed by atoms with E-state index < -0.39 is 22.9 Å². The molecular weight excluding hydrogens is 966 g/mol. The lowest BCUT2D eigenvalue weighted by atomic mass is 9.93. The molecule has 2 amide bonds. The zero-order valence-corrected chi connectivity index (χ0v) is 44.6. The number of ether oxygens (including phenoxy) is 2. The molecular formula is C54H60ClN11O6S. The number of nitrogens with zero attached hydrogens (tertiary/aromatic N) is 9. The van der Waals surface area contributed by atoms with Gasteiger partial charge in [-0.3, -0.25) is 38.3 Å². The van der Waals surface area contributed by atoms with E-state index in [0.717, 1.165) is 44.4 Å². The number of pyridine rings is 2. The fraction of sp³-hybridized carbons (Fsp3) is 0.389. The van der Waals surface area contributed by atoms with E-state index in [1.807, 2.05) is 115 Å². The van der Waals surface area contributed by atoms with Crippen molar-refractivity contribution in [3.8, 4) is 21.9 Å². The number of aryl methyl sites for hydroxylation is 4. The maximum Gasteiger partial charge on any atom is 0.330 e. The summed E-state index contributed by atoms with van der Waals surface area (Å²) in [4.78, 5) is 58.0. The van der Waals surface area contributed by atoms with Gasteiger partial charge in [0.15, 0.2) is 5.82 Å². The van der Waals surface area contributed by atoms with Crippen molar-refractivity contribution in [2.24, 2.45) is 15.8 Å². The average Bonchev–Trinajstić information content (AvgIpc) is 4.06. The summed E-state index contributed by atoms with van der Waals surface area (Å²) in [7, 11) is 1.59. The summed E-state index contributed by atoms with van der Waals surface area (Å²) in [5.74, 6) is 2.01. The molecule has 9 rings (SSSR count). The van der Waals surface area contributed by atoms with Gasteiger partial charge >= 0.3 is 5.69 Å². The fourth-order valence-electron chi connectivity index (χ4n) is 9.43. The van der Waals surface area contributed by atoms with Crippen LogP contribution in [-0.2, 0) is 20.9 Å². The minimum Gasteiger partial charge on any atom is -0.496 e. The van der Waals surface area contributed by atoms with Gasteiger partial charge in [-0.2, -0.15) is 0 Å². The van der Waals surface area contributed by atoms with Crippen molar-refractivity contribution in [2.45, 2.75) is 94.3 Å². The molecule has 0 aliphatic carbocycles. The van der Waals surface area contributed by atoms with Gasteiger partial charge in [0.05, 0.1) is 78.2 Å². The van der Waals surface area contributed by atoms with Crippen LogP contribution in [0.2, 0.25) is 5.02 Å². The van der Waals surface area contributed by atoms with Crippen LogP contribution in [0.4, 0.5) is 0 Å². The Morgan fingerprint density at radius 1 is 0.918 bits per heavy atom. The first kappa shape index (κ1) is 50.9. The summed E-state index contributed by atoms with van der Waals surface area (Å²) in [6, 6.07) is 15.9. The number of imidazole rings is 1. The van der Waals surface area contributed by atoms with Crippen LogP contribution < -0.4 is 21.1 Å². The number of methoxy groups -OCH3 is 1. The molecule has 2 atom stereocenters. The van der Waals surface area contributed by atoms with Crippen LogP contribution >= 0.6 is 22.9 Å². The van der Waals surface area contributed by atoms with Crippen molar-refractivity contribution in [3.05, 3.63) is 133 Å². The Labute approximate surface area is 432 Å². The second-order valence-corrected chi connectivity index (χ2v) is 22.1. The van der Waals surface area contributed by atoms with Crippen molar-refractivity contribution >= 4 is 62.4 Å². The molecule has 1 aliphatic rings. The number of carbonyl (C=O) groups is 2. The number of hydrogen-bond acceptors (Lipinski definition) is 13. The summed E-state index contributed by atoms with van der Waals surface area (Å²) in [5, 5.41) is 21.6. The van der Waals surface area contributed by atoms with Crippen molar-refractivity contribution in [2.75, 3.05) is 33.4 Å². The van der Waals surface area contributed by atoms with Gasteiger partial charge in [-0.05, 0) is 83.5 Å². The standard InChI is InChI=1S/C54H60ClN11O6S/c1-29-33(5)73-51-46(29)48(35-15-17-36(55)18-16-35)60-41(50-62-61-34(6)66(50)51)22-44(67)58-25-53(7,8)27-71-28-54(9,10)26-59-45(68)24-64-42-23-57-40-20-38(47-30(2)63-72-32(47)4)43(70-11)21-37(40)49(42)65(52(64)69)31(3)39-14-12-13-19-56-39/h12-21,23,31,41H,22,24-28H2,1-11H3,(H,58,67)(H,59,68)/t31-,41+/m1/s1. The summed E-state index contributed by atoms with van der Waals surface area (Å²) < 4.78 is 22.9. The van der Waals surface area contributed by atoms with Crippen LogP contribution in [0.15, 0.2) is 81.3 Å². The van der Waals surface area contributed by atoms with Gasteiger partial charge in [-0.15, -0.1) is 21.5 Å². The van der Waals surface area contributed by atoms with Gasteiger partial charge in [0.25, 0.3) is 0 Å². The molecule has 0 fully saturated rings. The molecule has 2 N–H and O–H groups in total. The topological polar surface area (TPSA) is 198 Å². The number of hydrogen-bond donors (Lipinski definition) is 2. The fourth-order valence-corrected chi connectivity index (χ4v) is 10.8. The molecule has 8 aromatic rings. The van der Waals surface area contributed by atoms with E-state index in [1.54, 1.807) is 35.4 Å². The van der Waals surface area contributed by atoms with Crippen LogP contribution in [0.3, 0.4) is 0 Å². The number of benzene rings is 2. The molecule has 0 unspecified atom stereocenters. The van der Waals surface area contributed by atoms with E-state index in [-0.39, 0.29) is 37.0 Å². The quantitative estimate of drug-likeness (QED) is 0.0882. The Morgan fingerprint density at radius 3 is 2.29 bits per heavy atom. The monoisotopic (exact) mass is 1030 g/mol. The van der Waals surface area contributed by atoms with E-state index >= 15 is 0 Å². The number of amides is 2. The molecule has 0 saturated carbocycles. The molecule has 19 heteroatoms. The zero-order valence-electron chi connectivity index (χ0n) is 43.0. The van der Waals surface area contributed by atoms with E-state index in [4.69, 9.17) is 35.6 Å². The van der Waals surface area contributed by atoms with Crippen LogP contribution in [0.5, 0.6) is 5.75 Å². The van der Waals surface area contributed by atoms with Crippen LogP contribution in [0.1, 0.15) is 103 Å². The first-order valence-electron chi connectivity index (χ1n) is 24.2. The molecule has 0 bridgehead atoms. The van der Waals surface area contributed by atoms with Crippen LogP contribution in [0, 0.1) is 45.4 Å². The van der Waals surface area contributed by atoms with Gasteiger partial charge in [-0.1, -0.05) is 62.7 Å². The average molecular weight is 1030 g/mol. The third-order valence-corrected chi connectivity index (χ3v) is 14.9. The second-order valence-electron chi connectivity index (χ2n) is 20.4. The van der Waals surface area contributed by atoms with Crippen molar-refractivity contribution in [1.82, 2.24) is 49.7 Å². The van der Waals surface area contributed by atoms with E-state index in [2.05, 4.69) is 44.8 Å². The molecule has 1 aliphatic heterocycles. The summed E-state index contributed by atoms with van der Waals surface area (Å²) in [6.07, 6.45) is 3.39. The number of nitrogens with one attached hydrogen (secondary N) is 2. The predicted molar refractivity (Wildman–Crippen MR) is 283 cm³/mol. The minimum absolute atomic E-state index is 0.0643. The molecule has 0 saturated heterocycles. The summed E-state index contributed by atoms with van der Waals surface area (Å²) >= 11 is 7.95. The van der Waals surface area contributed by atoms with E-state index in [0.29, 0.717) is 75.4 Å². The molecule has 73 heavy (non-hydrogen) atoms. The van der Waals surface area contributed by atoms with E-state index in [1.165, 1.54) is 9.44 Å². The third-order valence-electron chi connectivity index (χ3n) is 13.5. The Kier molecular flexibility index (Phi) is 14.0. The summed E-state index contributed by atoms with van der Waals surface area (Å²) in [5.41, 5.74) is 7.17. The second kappa shape index (κ2) is 20.1. The maximum absolute atomic E-state index is 14.6. The maximum atomic E-state index is 14.6. The van der Waals surface area contributed by atoms with Crippen molar-refractivity contribution < 1.29 is 23.6 Å². The molecule has 0 spiro atoms. The number of thiophene rings is 1. The largest absolute Gasteiger partial charge is 0.496 e. The first-order valence-corrected chi connectivity index (χ1v) is 25.4. The lowest BCUT2D eigenvalue weighted by molar-refractivity contribution is -0.122. The Balaban J connectivity index is 0.857.